The van der Waals surface area contributed by atoms with Crippen LogP contribution in [0.1, 0.15) is 19.3 Å². The Morgan fingerprint density at radius 1 is 1.25 bits per heavy atom. The second-order valence-corrected chi connectivity index (χ2v) is 5.94. The van der Waals surface area contributed by atoms with Crippen LogP contribution in [0.3, 0.4) is 0 Å². The maximum Gasteiger partial charge on any atom is 0.249 e. The van der Waals surface area contributed by atoms with E-state index < -0.39 is 0 Å². The zero-order valence-corrected chi connectivity index (χ0v) is 12.4. The molecule has 0 bridgehead atoms. The summed E-state index contributed by atoms with van der Waals surface area (Å²) in [5.74, 6) is -0.399. The predicted molar refractivity (Wildman–Crippen MR) is 75.8 cm³/mol. The first-order valence-electron chi connectivity index (χ1n) is 6.64. The maximum atomic E-state index is 13.2. The number of rotatable bonds is 1. The quantitative estimate of drug-likeness (QED) is 0.787. The third-order valence-electron chi connectivity index (χ3n) is 3.87. The van der Waals surface area contributed by atoms with E-state index in [0.29, 0.717) is 36.1 Å². The normalized spacial score (nSPS) is 23.0. The minimum absolute atomic E-state index is 0.0292. The molecule has 0 aromatic heterocycles. The second kappa shape index (κ2) is 5.16. The molecule has 3 rings (SSSR count). The number of halogens is 2. The van der Waals surface area contributed by atoms with Gasteiger partial charge in [-0.2, -0.15) is 0 Å². The molecule has 4 nitrogen and oxygen atoms in total. The first-order chi connectivity index (χ1) is 9.58. The molecule has 1 unspecified atom stereocenters. The average Bonchev–Trinajstić information content (AvgIpc) is 2.85. The van der Waals surface area contributed by atoms with Gasteiger partial charge in [-0.25, -0.2) is 4.39 Å². The van der Waals surface area contributed by atoms with Crippen molar-refractivity contribution in [3.05, 3.63) is 28.5 Å². The minimum Gasteiger partial charge on any atom is -0.331 e. The highest BCUT2D eigenvalue weighted by Crippen LogP contribution is 2.31. The Hall–Kier alpha value is -1.43. The number of hydrogen-bond acceptors (Lipinski definition) is 2. The molecule has 106 valence electrons. The highest BCUT2D eigenvalue weighted by Gasteiger charge is 2.39. The molecule has 2 saturated heterocycles. The number of amides is 2. The van der Waals surface area contributed by atoms with E-state index in [1.165, 1.54) is 12.1 Å². The zero-order chi connectivity index (χ0) is 14.3. The van der Waals surface area contributed by atoms with Crippen LogP contribution in [0.4, 0.5) is 10.1 Å². The van der Waals surface area contributed by atoms with Crippen LogP contribution in [0.15, 0.2) is 22.7 Å². The third-order valence-corrected chi connectivity index (χ3v) is 4.51. The number of fused-ring (bicyclic) bond motifs is 1. The van der Waals surface area contributed by atoms with E-state index in [-0.39, 0.29) is 23.7 Å². The molecule has 2 aliphatic rings. The van der Waals surface area contributed by atoms with Gasteiger partial charge in [0.15, 0.2) is 0 Å². The standard InChI is InChI=1S/C14H14BrFN2O2/c15-10-8-9(16)3-4-11(10)18-7-5-13(19)17-6-1-2-12(17)14(18)20/h3-4,8,12H,1-2,5-7H2. The van der Waals surface area contributed by atoms with Gasteiger partial charge in [-0.1, -0.05) is 0 Å². The Kier molecular flexibility index (Phi) is 3.50. The fourth-order valence-electron chi connectivity index (χ4n) is 2.90. The number of carbonyl (C=O) groups excluding carboxylic acids is 2. The van der Waals surface area contributed by atoms with E-state index in [0.717, 1.165) is 6.42 Å². The van der Waals surface area contributed by atoms with Crippen LogP contribution in [0, 0.1) is 5.82 Å². The Morgan fingerprint density at radius 2 is 2.05 bits per heavy atom. The van der Waals surface area contributed by atoms with Crippen molar-refractivity contribution in [2.75, 3.05) is 18.0 Å². The van der Waals surface area contributed by atoms with Gasteiger partial charge in [-0.3, -0.25) is 9.59 Å². The molecule has 2 fully saturated rings. The lowest BCUT2D eigenvalue weighted by Crippen LogP contribution is -2.43. The van der Waals surface area contributed by atoms with Crippen LogP contribution >= 0.6 is 15.9 Å². The fourth-order valence-corrected chi connectivity index (χ4v) is 3.47. The van der Waals surface area contributed by atoms with E-state index in [1.54, 1.807) is 15.9 Å². The van der Waals surface area contributed by atoms with Crippen molar-refractivity contribution in [1.82, 2.24) is 4.90 Å². The molecular formula is C14H14BrFN2O2. The van der Waals surface area contributed by atoms with Crippen molar-refractivity contribution in [1.29, 1.82) is 0 Å². The van der Waals surface area contributed by atoms with E-state index >= 15 is 0 Å². The minimum atomic E-state index is -0.360. The molecule has 6 heteroatoms. The summed E-state index contributed by atoms with van der Waals surface area (Å²) >= 11 is 3.29. The molecule has 0 saturated carbocycles. The molecule has 0 spiro atoms. The van der Waals surface area contributed by atoms with Gasteiger partial charge in [-0.05, 0) is 47.0 Å². The first-order valence-corrected chi connectivity index (χ1v) is 7.43. The van der Waals surface area contributed by atoms with Crippen molar-refractivity contribution in [2.24, 2.45) is 0 Å². The third kappa shape index (κ3) is 2.22. The Morgan fingerprint density at radius 3 is 2.80 bits per heavy atom. The first kappa shape index (κ1) is 13.5. The maximum absolute atomic E-state index is 13.2. The van der Waals surface area contributed by atoms with Crippen LogP contribution in [-0.2, 0) is 9.59 Å². The van der Waals surface area contributed by atoms with Crippen molar-refractivity contribution in [3.8, 4) is 0 Å². The Balaban J connectivity index is 1.96. The van der Waals surface area contributed by atoms with Gasteiger partial charge < -0.3 is 9.80 Å². The lowest BCUT2D eigenvalue weighted by molar-refractivity contribution is -0.135. The monoisotopic (exact) mass is 340 g/mol. The van der Waals surface area contributed by atoms with Gasteiger partial charge in [0.05, 0.1) is 5.69 Å². The summed E-state index contributed by atoms with van der Waals surface area (Å²) in [6, 6.07) is 3.88. The Labute approximate surface area is 124 Å². The lowest BCUT2D eigenvalue weighted by Gasteiger charge is -2.26. The van der Waals surface area contributed by atoms with Crippen molar-refractivity contribution < 1.29 is 14.0 Å². The summed E-state index contributed by atoms with van der Waals surface area (Å²) in [6.45, 7) is 1.00. The summed E-state index contributed by atoms with van der Waals surface area (Å²) < 4.78 is 13.7. The summed E-state index contributed by atoms with van der Waals surface area (Å²) in [7, 11) is 0. The molecule has 1 aromatic rings. The summed E-state index contributed by atoms with van der Waals surface area (Å²) in [6.07, 6.45) is 1.88. The van der Waals surface area contributed by atoms with Crippen molar-refractivity contribution >= 4 is 33.4 Å². The number of hydrogen-bond donors (Lipinski definition) is 0. The molecule has 2 amide bonds. The number of anilines is 1. The van der Waals surface area contributed by atoms with Crippen molar-refractivity contribution in [3.63, 3.8) is 0 Å². The molecule has 0 N–H and O–H groups in total. The van der Waals surface area contributed by atoms with Crippen LogP contribution in [-0.4, -0.2) is 35.8 Å². The van der Waals surface area contributed by atoms with E-state index in [1.807, 2.05) is 0 Å². The molecule has 0 radical (unpaired) electrons. The van der Waals surface area contributed by atoms with Gasteiger partial charge in [-0.15, -0.1) is 0 Å². The topological polar surface area (TPSA) is 40.6 Å². The van der Waals surface area contributed by atoms with Gasteiger partial charge >= 0.3 is 0 Å². The highest BCUT2D eigenvalue weighted by molar-refractivity contribution is 9.10. The average molecular weight is 341 g/mol. The van der Waals surface area contributed by atoms with Crippen molar-refractivity contribution in [2.45, 2.75) is 25.3 Å². The fraction of sp³-hybridized carbons (Fsp3) is 0.429. The number of nitrogens with zero attached hydrogens (tertiary/aromatic N) is 2. The molecule has 0 aliphatic carbocycles. The SMILES string of the molecule is O=C1C2CCCN2C(=O)CCN1c1ccc(F)cc1Br. The van der Waals surface area contributed by atoms with Gasteiger partial charge in [0, 0.05) is 24.0 Å². The van der Waals surface area contributed by atoms with E-state index in [9.17, 15) is 14.0 Å². The molecular weight excluding hydrogens is 327 g/mol. The van der Waals surface area contributed by atoms with Gasteiger partial charge in [0.1, 0.15) is 11.9 Å². The summed E-state index contributed by atoms with van der Waals surface area (Å²) in [5.41, 5.74) is 0.623. The largest absolute Gasteiger partial charge is 0.331 e. The molecule has 2 aliphatic heterocycles. The van der Waals surface area contributed by atoms with Gasteiger partial charge in [0.2, 0.25) is 11.8 Å². The second-order valence-electron chi connectivity index (χ2n) is 5.08. The lowest BCUT2D eigenvalue weighted by atomic mass is 10.2. The van der Waals surface area contributed by atoms with Gasteiger partial charge in [0.25, 0.3) is 0 Å². The van der Waals surface area contributed by atoms with Crippen LogP contribution in [0.25, 0.3) is 0 Å². The van der Waals surface area contributed by atoms with Crippen LogP contribution in [0.2, 0.25) is 0 Å². The highest BCUT2D eigenvalue weighted by atomic mass is 79.9. The van der Waals surface area contributed by atoms with Crippen LogP contribution in [0.5, 0.6) is 0 Å². The van der Waals surface area contributed by atoms with E-state index in [2.05, 4.69) is 15.9 Å². The number of benzene rings is 1. The van der Waals surface area contributed by atoms with E-state index in [4.69, 9.17) is 0 Å². The Bertz CT molecular complexity index is 578. The zero-order valence-electron chi connectivity index (χ0n) is 10.8. The molecule has 1 aromatic carbocycles. The molecule has 2 heterocycles. The number of carbonyl (C=O) groups is 2. The molecule has 1 atom stereocenters. The van der Waals surface area contributed by atoms with Crippen LogP contribution < -0.4 is 4.90 Å². The molecule has 20 heavy (non-hydrogen) atoms. The summed E-state index contributed by atoms with van der Waals surface area (Å²) in [4.78, 5) is 27.9. The smallest absolute Gasteiger partial charge is 0.249 e. The predicted octanol–water partition coefficient (Wildman–Crippen LogP) is 2.32. The summed E-state index contributed by atoms with van der Waals surface area (Å²) in [5, 5.41) is 0.